The first-order valence-electron chi connectivity index (χ1n) is 22.1. The number of carbonyl (C=O) groups excluding carboxylic acids is 2. The Morgan fingerprint density at radius 2 is 0.561 bits per heavy atom. The largest absolute Gasteiger partial charge is 3.00 e. The summed E-state index contributed by atoms with van der Waals surface area (Å²) in [6.07, 6.45) is 0. The zero-order chi connectivity index (χ0) is 45.1. The van der Waals surface area contributed by atoms with Crippen molar-refractivity contribution in [2.24, 2.45) is 10.8 Å². The number of ketones is 2. The summed E-state index contributed by atoms with van der Waals surface area (Å²) < 4.78 is 0. The summed E-state index contributed by atoms with van der Waals surface area (Å²) in [6.45, 7) is 11.1. The van der Waals surface area contributed by atoms with Crippen molar-refractivity contribution in [3.05, 3.63) is 194 Å². The molecule has 7 heteroatoms. The predicted molar refractivity (Wildman–Crippen MR) is 266 cm³/mol. The van der Waals surface area contributed by atoms with Crippen LogP contribution in [-0.2, 0) is 35.1 Å². The van der Waals surface area contributed by atoms with Crippen molar-refractivity contribution >= 4 is 54.7 Å². The summed E-state index contributed by atoms with van der Waals surface area (Å²) in [7, 11) is 0. The Hall–Kier alpha value is -7.05. The number of Topliss-reactive ketones (excluding diaryl/α,β-unsaturated/α-hetero) is 2. The topological polar surface area (TPSA) is 85.7 Å². The zero-order valence-electron chi connectivity index (χ0n) is 37.8. The molecule has 0 bridgehead atoms. The Labute approximate surface area is 398 Å². The number of benzene rings is 8. The van der Waals surface area contributed by atoms with E-state index in [9.17, 15) is 0 Å². The molecule has 0 saturated carbocycles. The van der Waals surface area contributed by atoms with Crippen LogP contribution in [-0.4, -0.2) is 31.5 Å². The van der Waals surface area contributed by atoms with Gasteiger partial charge in [-0.3, -0.25) is 9.59 Å². The Morgan fingerprint density at radius 3 is 0.803 bits per heavy atom. The fourth-order valence-corrected chi connectivity index (χ4v) is 9.31. The molecular weight excluding hydrogens is 989 g/mol. The van der Waals surface area contributed by atoms with E-state index in [4.69, 9.17) is 19.9 Å². The van der Waals surface area contributed by atoms with Gasteiger partial charge in [0.15, 0.2) is 23.2 Å². The monoisotopic (exact) mass is 1040 g/mol. The molecule has 0 saturated heterocycles. The second kappa shape index (κ2) is 17.1. The van der Waals surface area contributed by atoms with Crippen LogP contribution in [0.15, 0.2) is 182 Å². The summed E-state index contributed by atoms with van der Waals surface area (Å²) in [5.41, 5.74) is 1.26. The van der Waals surface area contributed by atoms with E-state index in [0.29, 0.717) is 22.8 Å². The molecule has 0 amide bonds. The minimum Gasteiger partial charge on any atom is -0.297 e. The maximum Gasteiger partial charge on any atom is 3.00 e. The maximum absolute atomic E-state index is 16.2. The van der Waals surface area contributed by atoms with E-state index >= 15 is 9.59 Å². The van der Waals surface area contributed by atoms with Gasteiger partial charge >= 0.3 is 20.1 Å². The molecule has 66 heavy (non-hydrogen) atoms. The van der Waals surface area contributed by atoms with E-state index in [0.717, 1.165) is 65.3 Å². The van der Waals surface area contributed by atoms with Crippen molar-refractivity contribution in [2.45, 2.75) is 47.0 Å². The van der Waals surface area contributed by atoms with Gasteiger partial charge in [0.1, 0.15) is 0 Å². The summed E-state index contributed by atoms with van der Waals surface area (Å²) in [5.74, 6) is -0.736. The Bertz CT molecular complexity index is 3080. The van der Waals surface area contributed by atoms with Crippen LogP contribution in [0, 0.1) is 10.8 Å². The number of fused-ring (bicyclic) bond motifs is 4. The van der Waals surface area contributed by atoms with Gasteiger partial charge in [-0.1, -0.05) is 211 Å². The second-order valence-corrected chi connectivity index (χ2v) is 18.9. The van der Waals surface area contributed by atoms with Crippen LogP contribution in [0.5, 0.6) is 0 Å². The first-order valence-corrected chi connectivity index (χ1v) is 22.1. The molecule has 0 aliphatic rings. The van der Waals surface area contributed by atoms with E-state index in [1.54, 1.807) is 0 Å². The van der Waals surface area contributed by atoms with Gasteiger partial charge in [-0.25, -0.2) is 19.9 Å². The number of aromatic nitrogens is 4. The third-order valence-corrected chi connectivity index (χ3v) is 12.4. The Balaban J connectivity index is 0.00000548. The Morgan fingerprint density at radius 1 is 0.333 bits per heavy atom. The van der Waals surface area contributed by atoms with Crippen LogP contribution in [0.4, 0.5) is 0 Å². The van der Waals surface area contributed by atoms with E-state index in [2.05, 4.69) is 72.8 Å². The average molecular weight is 1040 g/mol. The van der Waals surface area contributed by atoms with Crippen molar-refractivity contribution in [3.63, 3.8) is 0 Å². The Kier molecular flexibility index (Phi) is 11.4. The predicted octanol–water partition coefficient (Wildman–Crippen LogP) is 14.1. The van der Waals surface area contributed by atoms with Gasteiger partial charge < -0.3 is 0 Å². The van der Waals surface area contributed by atoms with Crippen LogP contribution in [0.3, 0.4) is 0 Å². The van der Waals surface area contributed by atoms with Gasteiger partial charge in [0.25, 0.3) is 0 Å². The molecule has 6 nitrogen and oxygen atoms in total. The minimum absolute atomic E-state index is 0. The number of hydrogen-bond donors (Lipinski definition) is 0. The van der Waals surface area contributed by atoms with E-state index in [1.807, 2.05) is 151 Å². The molecule has 0 spiro atoms. The van der Waals surface area contributed by atoms with E-state index < -0.39 is 27.8 Å². The smallest absolute Gasteiger partial charge is 0.297 e. The first kappa shape index (κ1) is 44.2. The van der Waals surface area contributed by atoms with Gasteiger partial charge in [-0.15, -0.1) is 0 Å². The number of carbonyl (C=O) groups is 2. The van der Waals surface area contributed by atoms with Crippen molar-refractivity contribution in [1.29, 1.82) is 0 Å². The molecule has 0 aliphatic heterocycles. The molecule has 0 atom stereocenters. The third-order valence-electron chi connectivity index (χ3n) is 12.4. The molecule has 0 fully saturated rings. The third kappa shape index (κ3) is 7.62. The molecule has 2 heterocycles. The molecule has 2 aromatic heterocycles. The molecule has 10 rings (SSSR count). The van der Waals surface area contributed by atoms with Gasteiger partial charge in [0.2, 0.25) is 5.41 Å². The molecule has 10 aromatic rings. The van der Waals surface area contributed by atoms with Crippen LogP contribution in [0.1, 0.15) is 53.2 Å². The van der Waals surface area contributed by atoms with Crippen molar-refractivity contribution in [1.82, 2.24) is 19.9 Å². The fraction of sp³-hybridized carbons (Fsp3) is 0.153. The molecule has 0 aliphatic carbocycles. The van der Waals surface area contributed by atoms with Crippen molar-refractivity contribution in [3.8, 4) is 45.0 Å². The standard InChI is InChI=1S/C59H48N4O2.Ir/c1-57(2,3)53(64)59(54(65)58(4,5)6,55-60-49(45-31-15-23-37-19-7-11-27-41(37)45)35-50(61-55)46-32-16-24-38-20-8-12-28-42(38)46)56-62-51(47-33-17-25-39-21-9-13-29-43(39)47)36-52(63-56)48-34-18-26-40-22-10-14-30-44(40)48;/h7-36H,1-6H3;/q;+3. The SMILES string of the molecule is CC(C)(C)C(=O)C(C(=O)C(C)(C)C)(c1nc(-c2cccc3ccccc23)cc(-c2cccc3ccccc23)n1)c1nc(-c2cccc3ccccc23)cc(-c2cccc3ccccc23)n1.[Ir+3]. The summed E-state index contributed by atoms with van der Waals surface area (Å²) in [5, 5.41) is 8.04. The molecule has 8 aromatic carbocycles. The number of nitrogens with zero attached hydrogens (tertiary/aromatic N) is 4. The quantitative estimate of drug-likeness (QED) is 0.141. The van der Waals surface area contributed by atoms with E-state index in [-0.39, 0.29) is 31.8 Å². The minimum atomic E-state index is -2.20. The summed E-state index contributed by atoms with van der Waals surface area (Å²) in [4.78, 5) is 54.3. The summed E-state index contributed by atoms with van der Waals surface area (Å²) in [6, 6.07) is 61.2. The van der Waals surface area contributed by atoms with Gasteiger partial charge in [-0.2, -0.15) is 0 Å². The number of rotatable bonds is 8. The van der Waals surface area contributed by atoms with Crippen LogP contribution in [0.25, 0.3) is 88.1 Å². The van der Waals surface area contributed by atoms with Crippen molar-refractivity contribution in [2.75, 3.05) is 0 Å². The molecule has 0 unspecified atom stereocenters. The molecular formula is C59H48IrN4O2+3. The second-order valence-electron chi connectivity index (χ2n) is 18.9. The van der Waals surface area contributed by atoms with E-state index in [1.165, 1.54) is 0 Å². The molecule has 0 N–H and O–H groups in total. The molecule has 0 radical (unpaired) electrons. The summed E-state index contributed by atoms with van der Waals surface area (Å²) >= 11 is 0. The van der Waals surface area contributed by atoms with Gasteiger partial charge in [-0.05, 0) is 55.2 Å². The van der Waals surface area contributed by atoms with Crippen LogP contribution < -0.4 is 0 Å². The zero-order valence-corrected chi connectivity index (χ0v) is 40.2. The van der Waals surface area contributed by atoms with Gasteiger partial charge in [0.05, 0.1) is 22.8 Å². The maximum atomic E-state index is 16.2. The van der Waals surface area contributed by atoms with Gasteiger partial charge in [0, 0.05) is 33.1 Å². The van der Waals surface area contributed by atoms with Crippen LogP contribution >= 0.6 is 0 Å². The number of hydrogen-bond acceptors (Lipinski definition) is 6. The van der Waals surface area contributed by atoms with Crippen LogP contribution in [0.2, 0.25) is 0 Å². The van der Waals surface area contributed by atoms with Crippen molar-refractivity contribution < 1.29 is 29.7 Å². The average Bonchev–Trinajstić information content (AvgIpc) is 3.32. The first-order chi connectivity index (χ1) is 31.3. The molecule has 322 valence electrons. The fourth-order valence-electron chi connectivity index (χ4n) is 9.31. The normalized spacial score (nSPS) is 12.1.